The highest BCUT2D eigenvalue weighted by molar-refractivity contribution is 6.31. The largest absolute Gasteiger partial charge is 0.463 e. The lowest BCUT2D eigenvalue weighted by molar-refractivity contribution is 0.00706. The van der Waals surface area contributed by atoms with Crippen LogP contribution in [0.25, 0.3) is 11.2 Å². The Bertz CT molecular complexity index is 1240. The summed E-state index contributed by atoms with van der Waals surface area (Å²) in [6.07, 6.45) is 0.0192. The molecule has 0 amide bonds. The molecule has 2 N–H and O–H groups in total. The first-order valence-corrected chi connectivity index (χ1v) is 11.5. The van der Waals surface area contributed by atoms with Crippen LogP contribution in [-0.4, -0.2) is 64.5 Å². The van der Waals surface area contributed by atoms with Gasteiger partial charge in [-0.15, -0.1) is 0 Å². The van der Waals surface area contributed by atoms with Crippen molar-refractivity contribution in [2.75, 3.05) is 20.1 Å². The number of benzene rings is 1. The van der Waals surface area contributed by atoms with Crippen LogP contribution in [0.4, 0.5) is 8.78 Å². The van der Waals surface area contributed by atoms with Crippen LogP contribution in [0.5, 0.6) is 11.8 Å². The summed E-state index contributed by atoms with van der Waals surface area (Å²) in [5.74, 6) is -0.324. The van der Waals surface area contributed by atoms with Crippen molar-refractivity contribution in [3.63, 3.8) is 0 Å². The summed E-state index contributed by atoms with van der Waals surface area (Å²) in [6.45, 7) is -0.501. The van der Waals surface area contributed by atoms with Gasteiger partial charge in [0.2, 0.25) is 6.86 Å². The molecule has 2 aliphatic heterocycles. The molecule has 34 heavy (non-hydrogen) atoms. The summed E-state index contributed by atoms with van der Waals surface area (Å²) >= 11 is 6.51. The highest BCUT2D eigenvalue weighted by atomic mass is 35.5. The van der Waals surface area contributed by atoms with E-state index >= 15 is 0 Å². The fourth-order valence-electron chi connectivity index (χ4n) is 5.19. The Morgan fingerprint density at radius 1 is 1.18 bits per heavy atom. The second kappa shape index (κ2) is 8.60. The number of halogens is 3. The number of H-pyrrole nitrogens is 1. The van der Waals surface area contributed by atoms with Crippen molar-refractivity contribution in [2.24, 2.45) is 0 Å². The molecule has 180 valence electrons. The Balaban J connectivity index is 1.22. The quantitative estimate of drug-likeness (QED) is 0.544. The maximum atomic E-state index is 14.8. The number of hydrogen-bond donors (Lipinski definition) is 2. The minimum absolute atomic E-state index is 0.106. The number of aliphatic hydroxyl groups excluding tert-OH is 1. The molecule has 1 unspecified atom stereocenters. The van der Waals surface area contributed by atoms with E-state index < -0.39 is 31.0 Å². The number of nitrogens with one attached hydrogen (secondary N) is 1. The van der Waals surface area contributed by atoms with Gasteiger partial charge >= 0.3 is 0 Å². The first-order valence-electron chi connectivity index (χ1n) is 11.1. The number of pyridine rings is 1. The minimum atomic E-state index is -0.999. The number of fused-ring (bicyclic) bond motifs is 3. The number of aromatic amines is 1. The van der Waals surface area contributed by atoms with Crippen LogP contribution in [0.3, 0.4) is 0 Å². The van der Waals surface area contributed by atoms with Gasteiger partial charge in [0.05, 0.1) is 29.4 Å². The molecule has 1 aliphatic carbocycles. The minimum Gasteiger partial charge on any atom is -0.463 e. The lowest BCUT2D eigenvalue weighted by Gasteiger charge is -2.15. The van der Waals surface area contributed by atoms with Crippen molar-refractivity contribution in [3.8, 4) is 11.8 Å². The Hall–Kier alpha value is -2.53. The molecule has 3 aromatic rings. The van der Waals surface area contributed by atoms with Gasteiger partial charge in [0.1, 0.15) is 29.9 Å². The fourth-order valence-corrected chi connectivity index (χ4v) is 5.42. The van der Waals surface area contributed by atoms with E-state index in [9.17, 15) is 13.9 Å². The van der Waals surface area contributed by atoms with E-state index in [1.54, 1.807) is 12.1 Å². The lowest BCUT2D eigenvalue weighted by Crippen LogP contribution is -2.34. The molecule has 0 bridgehead atoms. The molecular weight excluding hydrogens is 472 g/mol. The SMILES string of the molecule is O[C@@H]1CO[C@H]2[C@@H]1OC[C@H]2Oc1nc2nc(CC3CCc4cc(OCF)cc(F)c43)c(Cl)cc2[nH]1. The number of aliphatic hydroxyl groups is 1. The van der Waals surface area contributed by atoms with Gasteiger partial charge in [-0.1, -0.05) is 11.6 Å². The zero-order valence-electron chi connectivity index (χ0n) is 18.0. The Morgan fingerprint density at radius 3 is 2.88 bits per heavy atom. The van der Waals surface area contributed by atoms with Crippen molar-refractivity contribution < 1.29 is 32.8 Å². The van der Waals surface area contributed by atoms with E-state index in [1.165, 1.54) is 6.07 Å². The van der Waals surface area contributed by atoms with E-state index in [4.69, 9.17) is 30.5 Å². The van der Waals surface area contributed by atoms with Crippen molar-refractivity contribution in [2.45, 2.75) is 49.6 Å². The topological polar surface area (TPSA) is 98.7 Å². The number of ether oxygens (including phenoxy) is 4. The van der Waals surface area contributed by atoms with Crippen molar-refractivity contribution in [1.29, 1.82) is 0 Å². The zero-order chi connectivity index (χ0) is 23.4. The molecular formula is C23H22ClF2N3O5. The molecule has 8 nitrogen and oxygen atoms in total. The van der Waals surface area contributed by atoms with Gasteiger partial charge in [-0.2, -0.15) is 4.98 Å². The zero-order valence-corrected chi connectivity index (χ0v) is 18.7. The highest BCUT2D eigenvalue weighted by Crippen LogP contribution is 2.40. The van der Waals surface area contributed by atoms with Gasteiger partial charge in [-0.3, -0.25) is 0 Å². The van der Waals surface area contributed by atoms with Crippen LogP contribution < -0.4 is 9.47 Å². The second-order valence-corrected chi connectivity index (χ2v) is 9.23. The molecule has 1 aromatic carbocycles. The monoisotopic (exact) mass is 493 g/mol. The van der Waals surface area contributed by atoms with Gasteiger partial charge in [-0.05, 0) is 48.4 Å². The molecule has 3 aliphatic rings. The van der Waals surface area contributed by atoms with Gasteiger partial charge in [0.25, 0.3) is 6.01 Å². The van der Waals surface area contributed by atoms with Crippen LogP contribution >= 0.6 is 11.6 Å². The third-order valence-corrected chi connectivity index (χ3v) is 7.07. The summed E-state index contributed by atoms with van der Waals surface area (Å²) in [7, 11) is 0. The molecule has 0 radical (unpaired) electrons. The number of aryl methyl sites for hydroxylation is 1. The molecule has 0 spiro atoms. The van der Waals surface area contributed by atoms with E-state index in [-0.39, 0.29) is 37.0 Å². The highest BCUT2D eigenvalue weighted by Gasteiger charge is 2.48. The molecule has 2 aromatic heterocycles. The summed E-state index contributed by atoms with van der Waals surface area (Å²) in [5, 5.41) is 10.3. The Morgan fingerprint density at radius 2 is 2.03 bits per heavy atom. The number of imidazole rings is 1. The van der Waals surface area contributed by atoms with Gasteiger partial charge in [-0.25, -0.2) is 13.8 Å². The van der Waals surface area contributed by atoms with Crippen LogP contribution in [0, 0.1) is 5.82 Å². The predicted octanol–water partition coefficient (Wildman–Crippen LogP) is 3.23. The summed E-state index contributed by atoms with van der Waals surface area (Å²) in [5.41, 5.74) is 3.07. The molecule has 5 atom stereocenters. The average Bonchev–Trinajstić information content (AvgIpc) is 3.56. The van der Waals surface area contributed by atoms with Crippen LogP contribution in [0.1, 0.15) is 29.2 Å². The van der Waals surface area contributed by atoms with Crippen LogP contribution in [0.15, 0.2) is 18.2 Å². The van der Waals surface area contributed by atoms with Crippen molar-refractivity contribution in [1.82, 2.24) is 15.0 Å². The molecule has 2 saturated heterocycles. The molecule has 2 fully saturated rings. The molecule has 11 heteroatoms. The van der Waals surface area contributed by atoms with Gasteiger partial charge < -0.3 is 29.0 Å². The first kappa shape index (κ1) is 22.0. The van der Waals surface area contributed by atoms with Gasteiger partial charge in [0.15, 0.2) is 11.8 Å². The average molecular weight is 494 g/mol. The van der Waals surface area contributed by atoms with Crippen molar-refractivity contribution >= 4 is 22.8 Å². The first-order chi connectivity index (χ1) is 16.5. The summed E-state index contributed by atoms with van der Waals surface area (Å²) < 4.78 is 49.2. The standard InChI is InChI=1S/C23H22ClF2N3O5/c24-13-6-16-22(29-23(28-16)34-18-8-32-20-17(30)7-31-21(18)20)27-15(13)4-11-2-1-10-3-12(33-9-25)5-14(26)19(10)11/h3,5-6,11,17-18,20-21,30H,1-2,4,7-9H2,(H,27,28,29)/t11?,17-,18-,20-,21-/m1/s1. The molecule has 0 saturated carbocycles. The van der Waals surface area contributed by atoms with E-state index in [0.717, 1.165) is 12.0 Å². The van der Waals surface area contributed by atoms with Crippen LogP contribution in [-0.2, 0) is 22.3 Å². The maximum Gasteiger partial charge on any atom is 0.296 e. The van der Waals surface area contributed by atoms with E-state index in [0.29, 0.717) is 40.3 Å². The number of nitrogens with zero attached hydrogens (tertiary/aromatic N) is 2. The third kappa shape index (κ3) is 3.78. The smallest absolute Gasteiger partial charge is 0.296 e. The maximum absolute atomic E-state index is 14.8. The molecule has 4 heterocycles. The fraction of sp³-hybridized carbons (Fsp3) is 0.478. The van der Waals surface area contributed by atoms with Crippen molar-refractivity contribution in [3.05, 3.63) is 45.9 Å². The van der Waals surface area contributed by atoms with E-state index in [1.807, 2.05) is 0 Å². The number of alkyl halides is 1. The van der Waals surface area contributed by atoms with Crippen LogP contribution in [0.2, 0.25) is 5.02 Å². The number of rotatable bonds is 6. The number of aromatic nitrogens is 3. The molecule has 6 rings (SSSR count). The third-order valence-electron chi connectivity index (χ3n) is 6.74. The van der Waals surface area contributed by atoms with Gasteiger partial charge in [0, 0.05) is 6.07 Å². The summed E-state index contributed by atoms with van der Waals surface area (Å²) in [6, 6.07) is 4.90. The summed E-state index contributed by atoms with van der Waals surface area (Å²) in [4.78, 5) is 12.1. The lowest BCUT2D eigenvalue weighted by atomic mass is 9.95. The Labute approximate surface area is 198 Å². The second-order valence-electron chi connectivity index (χ2n) is 8.82. The normalized spacial score (nSPS) is 27.8. The Kier molecular flexibility index (Phi) is 5.56. The predicted molar refractivity (Wildman–Crippen MR) is 117 cm³/mol. The van der Waals surface area contributed by atoms with E-state index in [2.05, 4.69) is 15.0 Å². The number of hydrogen-bond acceptors (Lipinski definition) is 7.